The van der Waals surface area contributed by atoms with Gasteiger partial charge in [-0.2, -0.15) is 0 Å². The van der Waals surface area contributed by atoms with E-state index < -0.39 is 11.0 Å². The number of allylic oxidation sites excluding steroid dienone is 2. The Morgan fingerprint density at radius 3 is 2.74 bits per heavy atom. The molecule has 0 bridgehead atoms. The van der Waals surface area contributed by atoms with E-state index >= 15 is 0 Å². The minimum absolute atomic E-state index is 0.0479. The molecule has 0 radical (unpaired) electrons. The average Bonchev–Trinajstić information content (AvgIpc) is 3.17. The van der Waals surface area contributed by atoms with Gasteiger partial charge in [-0.25, -0.2) is 0 Å². The smallest absolute Gasteiger partial charge is 0.293 e. The van der Waals surface area contributed by atoms with E-state index in [0.29, 0.717) is 12.4 Å². The van der Waals surface area contributed by atoms with Crippen LogP contribution in [0.5, 0.6) is 0 Å². The molecule has 4 aliphatic rings. The first kappa shape index (κ1) is 15.4. The number of carbonyl (C=O) groups excluding carboxylic acids is 2. The number of rotatable bonds is 2. The Hall–Kier alpha value is -1.16. The van der Waals surface area contributed by atoms with Gasteiger partial charge < -0.3 is 9.47 Å². The molecule has 0 aromatic heterocycles. The van der Waals surface area contributed by atoms with Crippen molar-refractivity contribution in [2.75, 3.05) is 0 Å². The highest BCUT2D eigenvalue weighted by Gasteiger charge is 2.75. The molecule has 2 saturated carbocycles. The van der Waals surface area contributed by atoms with Crippen LogP contribution < -0.4 is 0 Å². The molecule has 4 rings (SSSR count). The fourth-order valence-corrected chi connectivity index (χ4v) is 6.25. The Morgan fingerprint density at radius 2 is 2.04 bits per heavy atom. The van der Waals surface area contributed by atoms with Gasteiger partial charge >= 0.3 is 0 Å². The van der Waals surface area contributed by atoms with Crippen LogP contribution >= 0.6 is 0 Å². The molecule has 0 N–H and O–H groups in total. The van der Waals surface area contributed by atoms with Crippen LogP contribution in [0.15, 0.2) is 11.6 Å². The minimum Gasteiger partial charge on any atom is -0.463 e. The Balaban J connectivity index is 1.83. The second kappa shape index (κ2) is 4.47. The Kier molecular flexibility index (Phi) is 2.99. The summed E-state index contributed by atoms with van der Waals surface area (Å²) in [6, 6.07) is 0. The van der Waals surface area contributed by atoms with Gasteiger partial charge in [0.25, 0.3) is 6.47 Å². The molecule has 0 amide bonds. The maximum absolute atomic E-state index is 13.3. The average molecular weight is 318 g/mol. The van der Waals surface area contributed by atoms with Crippen molar-refractivity contribution >= 4 is 12.3 Å². The van der Waals surface area contributed by atoms with Crippen molar-refractivity contribution in [2.45, 2.75) is 71.2 Å². The molecule has 0 spiro atoms. The quantitative estimate of drug-likeness (QED) is 0.446. The van der Waals surface area contributed by atoms with Crippen LogP contribution in [0, 0.1) is 22.7 Å². The number of fused-ring (bicyclic) bond motifs is 4. The molecule has 7 atom stereocenters. The monoisotopic (exact) mass is 318 g/mol. The fraction of sp³-hybridized carbons (Fsp3) is 0.789. The van der Waals surface area contributed by atoms with Gasteiger partial charge in [-0.1, -0.05) is 18.6 Å². The molecule has 1 saturated heterocycles. The van der Waals surface area contributed by atoms with Crippen LogP contribution in [0.1, 0.15) is 53.4 Å². The molecule has 126 valence electrons. The van der Waals surface area contributed by atoms with Crippen molar-refractivity contribution in [3.63, 3.8) is 0 Å². The lowest BCUT2D eigenvalue weighted by Crippen LogP contribution is -2.64. The van der Waals surface area contributed by atoms with Crippen LogP contribution in [0.4, 0.5) is 0 Å². The zero-order chi connectivity index (χ0) is 16.6. The number of ketones is 1. The van der Waals surface area contributed by atoms with E-state index in [9.17, 15) is 9.59 Å². The molecule has 1 aliphatic heterocycles. The molecule has 0 aromatic rings. The molecule has 4 heteroatoms. The van der Waals surface area contributed by atoms with Crippen LogP contribution in [0.25, 0.3) is 0 Å². The zero-order valence-electron chi connectivity index (χ0n) is 14.4. The van der Waals surface area contributed by atoms with E-state index in [-0.39, 0.29) is 29.3 Å². The standard InChI is InChI=1S/C19H26O4/c1-11-6-5-7-17(2)12(11)8-14(22-10-20)18(3)13(17)9-15-19(4,23-15)16(18)21/h6,10,12-15H,5,7-9H2,1-4H3/t12-,13+,14+,15-,17-,18-,19-/m0/s1. The number of Topliss-reactive ketones (excluding diaryl/α,β-unsaturated/α-hetero) is 1. The van der Waals surface area contributed by atoms with Crippen molar-refractivity contribution < 1.29 is 19.1 Å². The molecule has 1 heterocycles. The zero-order valence-corrected chi connectivity index (χ0v) is 14.4. The van der Waals surface area contributed by atoms with Crippen LogP contribution in [0.3, 0.4) is 0 Å². The maximum atomic E-state index is 13.3. The third-order valence-corrected chi connectivity index (χ3v) is 7.69. The normalized spacial score (nSPS) is 54.3. The first-order valence-electron chi connectivity index (χ1n) is 8.77. The number of ether oxygens (including phenoxy) is 2. The molecular weight excluding hydrogens is 292 g/mol. The van der Waals surface area contributed by atoms with E-state index in [4.69, 9.17) is 9.47 Å². The summed E-state index contributed by atoms with van der Waals surface area (Å²) in [6.45, 7) is 8.97. The summed E-state index contributed by atoms with van der Waals surface area (Å²) in [5.41, 5.74) is 0.182. The van der Waals surface area contributed by atoms with Crippen molar-refractivity contribution in [3.05, 3.63) is 11.6 Å². The highest BCUT2D eigenvalue weighted by Crippen LogP contribution is 2.67. The third-order valence-electron chi connectivity index (χ3n) is 7.69. The molecule has 3 fully saturated rings. The van der Waals surface area contributed by atoms with E-state index in [1.165, 1.54) is 5.57 Å². The van der Waals surface area contributed by atoms with Gasteiger partial charge in [0.15, 0.2) is 11.4 Å². The second-order valence-corrected chi connectivity index (χ2v) is 8.62. The predicted octanol–water partition coefficient (Wildman–Crippen LogP) is 3.05. The summed E-state index contributed by atoms with van der Waals surface area (Å²) in [7, 11) is 0. The van der Waals surface area contributed by atoms with Gasteiger partial charge in [-0.15, -0.1) is 0 Å². The predicted molar refractivity (Wildman–Crippen MR) is 84.6 cm³/mol. The molecule has 4 nitrogen and oxygen atoms in total. The van der Waals surface area contributed by atoms with Gasteiger partial charge in [0.05, 0.1) is 11.5 Å². The van der Waals surface area contributed by atoms with Crippen LogP contribution in [-0.4, -0.2) is 30.1 Å². The number of hydrogen-bond donors (Lipinski definition) is 0. The van der Waals surface area contributed by atoms with Gasteiger partial charge in [-0.05, 0) is 63.7 Å². The third kappa shape index (κ3) is 1.71. The number of carbonyl (C=O) groups is 2. The molecular formula is C19H26O4. The Morgan fingerprint density at radius 1 is 1.30 bits per heavy atom. The summed E-state index contributed by atoms with van der Waals surface area (Å²) in [6.07, 6.45) is 5.83. The first-order valence-corrected chi connectivity index (χ1v) is 8.77. The van der Waals surface area contributed by atoms with E-state index in [1.54, 1.807) is 0 Å². The number of epoxide rings is 1. The van der Waals surface area contributed by atoms with Crippen molar-refractivity contribution in [3.8, 4) is 0 Å². The largest absolute Gasteiger partial charge is 0.463 e. The fourth-order valence-electron chi connectivity index (χ4n) is 6.25. The molecule has 3 aliphatic carbocycles. The second-order valence-electron chi connectivity index (χ2n) is 8.62. The van der Waals surface area contributed by atoms with Gasteiger partial charge in [0, 0.05) is 0 Å². The van der Waals surface area contributed by atoms with Crippen molar-refractivity contribution in [1.29, 1.82) is 0 Å². The molecule has 0 aromatic carbocycles. The number of hydrogen-bond acceptors (Lipinski definition) is 4. The Bertz CT molecular complexity index is 610. The summed E-state index contributed by atoms with van der Waals surface area (Å²) < 4.78 is 11.3. The molecule has 23 heavy (non-hydrogen) atoms. The van der Waals surface area contributed by atoms with Gasteiger partial charge in [0.1, 0.15) is 6.10 Å². The lowest BCUT2D eigenvalue weighted by atomic mass is 9.43. The van der Waals surface area contributed by atoms with Gasteiger partial charge in [-0.3, -0.25) is 9.59 Å². The van der Waals surface area contributed by atoms with Crippen LogP contribution in [-0.2, 0) is 19.1 Å². The van der Waals surface area contributed by atoms with E-state index in [0.717, 1.165) is 25.7 Å². The topological polar surface area (TPSA) is 55.9 Å². The highest BCUT2D eigenvalue weighted by molar-refractivity contribution is 5.97. The summed E-state index contributed by atoms with van der Waals surface area (Å²) in [5.74, 6) is 0.732. The lowest BCUT2D eigenvalue weighted by Gasteiger charge is -2.60. The van der Waals surface area contributed by atoms with Crippen LogP contribution in [0.2, 0.25) is 0 Å². The minimum atomic E-state index is -0.654. The summed E-state index contributed by atoms with van der Waals surface area (Å²) in [4.78, 5) is 24.4. The Labute approximate surface area is 137 Å². The SMILES string of the molecule is CC1=CCC[C@]2(C)[C@H]3C[C@@H]4O[C@]4(C)C(=O)[C@]3(C)[C@H](OC=O)C[C@@H]12. The van der Waals surface area contributed by atoms with Crippen molar-refractivity contribution in [2.24, 2.45) is 22.7 Å². The molecule has 0 unspecified atom stereocenters. The maximum Gasteiger partial charge on any atom is 0.293 e. The highest BCUT2D eigenvalue weighted by atomic mass is 16.6. The van der Waals surface area contributed by atoms with Gasteiger partial charge in [0.2, 0.25) is 0 Å². The van der Waals surface area contributed by atoms with E-state index in [2.05, 4.69) is 19.9 Å². The van der Waals surface area contributed by atoms with E-state index in [1.807, 2.05) is 13.8 Å². The summed E-state index contributed by atoms with van der Waals surface area (Å²) in [5, 5.41) is 0. The summed E-state index contributed by atoms with van der Waals surface area (Å²) >= 11 is 0. The first-order chi connectivity index (χ1) is 10.8. The lowest BCUT2D eigenvalue weighted by molar-refractivity contribution is -0.183. The van der Waals surface area contributed by atoms with Crippen molar-refractivity contribution in [1.82, 2.24) is 0 Å².